The first-order valence-corrected chi connectivity index (χ1v) is 7.45. The van der Waals surface area contributed by atoms with Crippen LogP contribution in [0.25, 0.3) is 10.2 Å². The molecule has 0 aliphatic carbocycles. The van der Waals surface area contributed by atoms with Gasteiger partial charge in [0.05, 0.1) is 16.8 Å². The van der Waals surface area contributed by atoms with Crippen molar-refractivity contribution in [3.63, 3.8) is 0 Å². The Bertz CT molecular complexity index is 708. The van der Waals surface area contributed by atoms with Gasteiger partial charge in [-0.25, -0.2) is 0 Å². The summed E-state index contributed by atoms with van der Waals surface area (Å²) >= 11 is 1.71. The van der Waals surface area contributed by atoms with Crippen molar-refractivity contribution >= 4 is 21.6 Å². The topological polar surface area (TPSA) is 45.1 Å². The van der Waals surface area contributed by atoms with E-state index in [4.69, 9.17) is 0 Å². The summed E-state index contributed by atoms with van der Waals surface area (Å²) in [4.78, 5) is 4.43. The average Bonchev–Trinajstić information content (AvgIpc) is 2.95. The van der Waals surface area contributed by atoms with E-state index >= 15 is 0 Å². The normalized spacial score (nSPS) is 11.1. The number of pyridine rings is 1. The third-order valence-electron chi connectivity index (χ3n) is 3.29. The van der Waals surface area contributed by atoms with Crippen LogP contribution in [0, 0.1) is 0 Å². The molecular formula is C16H16N2OS. The van der Waals surface area contributed by atoms with E-state index in [0.717, 1.165) is 29.7 Å². The predicted octanol–water partition coefficient (Wildman–Crippen LogP) is 3.08. The highest BCUT2D eigenvalue weighted by atomic mass is 32.1. The van der Waals surface area contributed by atoms with Gasteiger partial charge in [-0.1, -0.05) is 24.3 Å². The first-order chi connectivity index (χ1) is 9.86. The van der Waals surface area contributed by atoms with E-state index in [-0.39, 0.29) is 6.61 Å². The van der Waals surface area contributed by atoms with Crippen LogP contribution in [0.3, 0.4) is 0 Å². The van der Waals surface area contributed by atoms with Gasteiger partial charge in [-0.15, -0.1) is 11.3 Å². The van der Waals surface area contributed by atoms with Crippen molar-refractivity contribution in [1.82, 2.24) is 10.3 Å². The van der Waals surface area contributed by atoms with Gasteiger partial charge in [0.25, 0.3) is 0 Å². The number of aromatic nitrogens is 1. The Morgan fingerprint density at radius 2 is 1.95 bits per heavy atom. The second-order valence-corrected chi connectivity index (χ2v) is 5.63. The molecule has 0 saturated carbocycles. The van der Waals surface area contributed by atoms with E-state index in [1.165, 1.54) is 10.3 Å². The highest BCUT2D eigenvalue weighted by Gasteiger charge is 2.02. The SMILES string of the molecule is OCc1ccccc1CNCc1cnc2ccsc2c1. The molecule has 0 aliphatic heterocycles. The van der Waals surface area contributed by atoms with Gasteiger partial charge in [0.15, 0.2) is 0 Å². The Hall–Kier alpha value is -1.75. The molecule has 0 radical (unpaired) electrons. The lowest BCUT2D eigenvalue weighted by Gasteiger charge is -2.08. The van der Waals surface area contributed by atoms with Crippen LogP contribution in [-0.4, -0.2) is 10.1 Å². The molecule has 3 nitrogen and oxygen atoms in total. The Kier molecular flexibility index (Phi) is 4.06. The molecule has 1 aromatic carbocycles. The maximum absolute atomic E-state index is 9.29. The second kappa shape index (κ2) is 6.13. The summed E-state index contributed by atoms with van der Waals surface area (Å²) in [6.45, 7) is 1.61. The van der Waals surface area contributed by atoms with Gasteiger partial charge in [0.2, 0.25) is 0 Å². The molecule has 0 saturated heterocycles. The number of fused-ring (bicyclic) bond motifs is 1. The fourth-order valence-electron chi connectivity index (χ4n) is 2.21. The van der Waals surface area contributed by atoms with Crippen LogP contribution >= 0.6 is 11.3 Å². The highest BCUT2D eigenvalue weighted by Crippen LogP contribution is 2.19. The summed E-state index contributed by atoms with van der Waals surface area (Å²) in [6.07, 6.45) is 1.92. The molecule has 3 rings (SSSR count). The second-order valence-electron chi connectivity index (χ2n) is 4.68. The van der Waals surface area contributed by atoms with Gasteiger partial charge < -0.3 is 10.4 Å². The number of aliphatic hydroxyl groups is 1. The van der Waals surface area contributed by atoms with Crippen LogP contribution in [0.2, 0.25) is 0 Å². The molecule has 0 spiro atoms. The highest BCUT2D eigenvalue weighted by molar-refractivity contribution is 7.17. The van der Waals surface area contributed by atoms with Gasteiger partial charge in [-0.05, 0) is 34.2 Å². The summed E-state index contributed by atoms with van der Waals surface area (Å²) in [5.41, 5.74) is 4.36. The summed E-state index contributed by atoms with van der Waals surface area (Å²) in [5.74, 6) is 0. The Balaban J connectivity index is 1.64. The van der Waals surface area contributed by atoms with E-state index in [0.29, 0.717) is 0 Å². The zero-order chi connectivity index (χ0) is 13.8. The predicted molar refractivity (Wildman–Crippen MR) is 82.5 cm³/mol. The van der Waals surface area contributed by atoms with E-state index < -0.39 is 0 Å². The Morgan fingerprint density at radius 3 is 2.80 bits per heavy atom. The van der Waals surface area contributed by atoms with Crippen molar-refractivity contribution in [3.05, 3.63) is 64.7 Å². The van der Waals surface area contributed by atoms with Gasteiger partial charge >= 0.3 is 0 Å². The third kappa shape index (κ3) is 2.88. The molecule has 2 heterocycles. The molecular weight excluding hydrogens is 268 g/mol. The van der Waals surface area contributed by atoms with Crippen molar-refractivity contribution in [2.45, 2.75) is 19.7 Å². The maximum Gasteiger partial charge on any atom is 0.0809 e. The first kappa shape index (κ1) is 13.2. The van der Waals surface area contributed by atoms with Gasteiger partial charge in [-0.2, -0.15) is 0 Å². The van der Waals surface area contributed by atoms with Crippen LogP contribution in [0.15, 0.2) is 48.0 Å². The molecule has 0 fully saturated rings. The third-order valence-corrected chi connectivity index (χ3v) is 4.15. The van der Waals surface area contributed by atoms with Gasteiger partial charge in [0.1, 0.15) is 0 Å². The van der Waals surface area contributed by atoms with Crippen molar-refractivity contribution in [3.8, 4) is 0 Å². The number of nitrogens with zero attached hydrogens (tertiary/aromatic N) is 1. The van der Waals surface area contributed by atoms with E-state index in [1.54, 1.807) is 11.3 Å². The smallest absolute Gasteiger partial charge is 0.0809 e. The van der Waals surface area contributed by atoms with Crippen molar-refractivity contribution in [1.29, 1.82) is 0 Å². The van der Waals surface area contributed by atoms with Crippen molar-refractivity contribution < 1.29 is 5.11 Å². The van der Waals surface area contributed by atoms with Crippen LogP contribution in [0.1, 0.15) is 16.7 Å². The molecule has 2 N–H and O–H groups in total. The van der Waals surface area contributed by atoms with Gasteiger partial charge in [-0.3, -0.25) is 4.98 Å². The standard InChI is InChI=1S/C16H16N2OS/c19-11-14-4-2-1-3-13(14)10-17-8-12-7-16-15(18-9-12)5-6-20-16/h1-7,9,17,19H,8,10-11H2. The Labute approximate surface area is 121 Å². The number of nitrogens with one attached hydrogen (secondary N) is 1. The number of benzene rings is 1. The molecule has 0 unspecified atom stereocenters. The fourth-order valence-corrected chi connectivity index (χ4v) is 3.01. The van der Waals surface area contributed by atoms with E-state index in [9.17, 15) is 5.11 Å². The molecule has 20 heavy (non-hydrogen) atoms. The monoisotopic (exact) mass is 284 g/mol. The molecule has 2 aromatic heterocycles. The van der Waals surface area contributed by atoms with E-state index in [1.807, 2.05) is 36.5 Å². The molecule has 0 aliphatic rings. The lowest BCUT2D eigenvalue weighted by molar-refractivity contribution is 0.280. The van der Waals surface area contributed by atoms with Crippen LogP contribution in [0.5, 0.6) is 0 Å². The van der Waals surface area contributed by atoms with Crippen LogP contribution < -0.4 is 5.32 Å². The minimum atomic E-state index is 0.0839. The number of hydrogen-bond acceptors (Lipinski definition) is 4. The van der Waals surface area contributed by atoms with Crippen LogP contribution in [-0.2, 0) is 19.7 Å². The lowest BCUT2D eigenvalue weighted by Crippen LogP contribution is -2.14. The molecule has 3 aromatic rings. The summed E-state index contributed by atoms with van der Waals surface area (Å²) in [6, 6.07) is 12.2. The number of aliphatic hydroxyl groups excluding tert-OH is 1. The summed E-state index contributed by atoms with van der Waals surface area (Å²) in [7, 11) is 0. The van der Waals surface area contributed by atoms with E-state index in [2.05, 4.69) is 21.7 Å². The first-order valence-electron chi connectivity index (χ1n) is 6.57. The molecule has 0 atom stereocenters. The fraction of sp³-hybridized carbons (Fsp3) is 0.188. The number of rotatable bonds is 5. The Morgan fingerprint density at radius 1 is 1.10 bits per heavy atom. The largest absolute Gasteiger partial charge is 0.392 e. The zero-order valence-corrected chi connectivity index (χ0v) is 11.9. The lowest BCUT2D eigenvalue weighted by atomic mass is 10.1. The van der Waals surface area contributed by atoms with Crippen LogP contribution in [0.4, 0.5) is 0 Å². The molecule has 0 amide bonds. The minimum absolute atomic E-state index is 0.0839. The molecule has 102 valence electrons. The number of thiophene rings is 1. The zero-order valence-electron chi connectivity index (χ0n) is 11.0. The maximum atomic E-state index is 9.29. The minimum Gasteiger partial charge on any atom is -0.392 e. The molecule has 0 bridgehead atoms. The van der Waals surface area contributed by atoms with Crippen molar-refractivity contribution in [2.24, 2.45) is 0 Å². The summed E-state index contributed by atoms with van der Waals surface area (Å²) in [5, 5.41) is 14.8. The number of hydrogen-bond donors (Lipinski definition) is 2. The summed E-state index contributed by atoms with van der Waals surface area (Å²) < 4.78 is 1.22. The van der Waals surface area contributed by atoms with Gasteiger partial charge in [0, 0.05) is 19.3 Å². The average molecular weight is 284 g/mol. The van der Waals surface area contributed by atoms with Crippen molar-refractivity contribution in [2.75, 3.05) is 0 Å². The molecule has 4 heteroatoms. The quantitative estimate of drug-likeness (QED) is 0.757.